The van der Waals surface area contributed by atoms with E-state index >= 15 is 0 Å². The Morgan fingerprint density at radius 1 is 1.28 bits per heavy atom. The van der Waals surface area contributed by atoms with Crippen LogP contribution in [-0.2, 0) is 6.54 Å². The second kappa shape index (κ2) is 7.14. The highest BCUT2D eigenvalue weighted by Gasteiger charge is 2.18. The molecule has 0 spiro atoms. The van der Waals surface area contributed by atoms with Gasteiger partial charge in [0.2, 0.25) is 0 Å². The Morgan fingerprint density at radius 2 is 2.00 bits per heavy atom. The van der Waals surface area contributed by atoms with Gasteiger partial charge in [-0.05, 0) is 37.1 Å². The molecular weight excluding hydrogens is 339 g/mol. The van der Waals surface area contributed by atoms with Crippen LogP contribution in [-0.4, -0.2) is 20.7 Å². The van der Waals surface area contributed by atoms with E-state index in [-0.39, 0.29) is 11.7 Å². The molecule has 130 valence electrons. The molecule has 0 atom stereocenters. The Labute approximate surface area is 149 Å². The molecule has 0 aliphatic carbocycles. The van der Waals surface area contributed by atoms with Crippen molar-refractivity contribution in [1.82, 2.24) is 14.8 Å². The van der Waals surface area contributed by atoms with Crippen molar-refractivity contribution in [3.63, 3.8) is 0 Å². The van der Waals surface area contributed by atoms with Crippen molar-refractivity contribution in [3.05, 3.63) is 52.9 Å². The van der Waals surface area contributed by atoms with Crippen LogP contribution in [0.1, 0.15) is 29.2 Å². The predicted octanol–water partition coefficient (Wildman–Crippen LogP) is 4.36. The average Bonchev–Trinajstić information content (AvgIpc) is 3.14. The van der Waals surface area contributed by atoms with Crippen LogP contribution in [0.2, 0.25) is 0 Å². The van der Waals surface area contributed by atoms with Gasteiger partial charge in [0, 0.05) is 18.2 Å². The summed E-state index contributed by atoms with van der Waals surface area (Å²) < 4.78 is 14.8. The molecule has 0 aliphatic rings. The zero-order valence-electron chi connectivity index (χ0n) is 14.3. The monoisotopic (exact) mass is 358 g/mol. The summed E-state index contributed by atoms with van der Waals surface area (Å²) >= 11 is 1.29. The van der Waals surface area contributed by atoms with E-state index in [1.165, 1.54) is 23.5 Å². The van der Waals surface area contributed by atoms with Crippen molar-refractivity contribution < 1.29 is 9.18 Å². The molecule has 0 bridgehead atoms. The minimum Gasteiger partial charge on any atom is -0.306 e. The number of thiazole rings is 1. The van der Waals surface area contributed by atoms with Gasteiger partial charge in [-0.1, -0.05) is 13.8 Å². The van der Waals surface area contributed by atoms with E-state index in [1.54, 1.807) is 36.0 Å². The van der Waals surface area contributed by atoms with Crippen molar-refractivity contribution in [2.45, 2.75) is 27.3 Å². The lowest BCUT2D eigenvalue weighted by atomic mass is 10.2. The molecule has 25 heavy (non-hydrogen) atoms. The molecule has 0 aliphatic heterocycles. The Kier molecular flexibility index (Phi) is 4.94. The summed E-state index contributed by atoms with van der Waals surface area (Å²) in [4.78, 5) is 17.6. The van der Waals surface area contributed by atoms with Gasteiger partial charge in [0.05, 0.1) is 11.9 Å². The zero-order chi connectivity index (χ0) is 18.0. The molecule has 2 aromatic heterocycles. The first-order valence-corrected chi connectivity index (χ1v) is 8.82. The maximum Gasteiger partial charge on any atom is 0.268 e. The third kappa shape index (κ3) is 3.93. The van der Waals surface area contributed by atoms with E-state index in [4.69, 9.17) is 0 Å². The fraction of sp³-hybridized carbons (Fsp3) is 0.278. The summed E-state index contributed by atoms with van der Waals surface area (Å²) in [6, 6.07) is 7.87. The van der Waals surface area contributed by atoms with E-state index in [9.17, 15) is 9.18 Å². The largest absolute Gasteiger partial charge is 0.306 e. The molecule has 0 fully saturated rings. The number of benzene rings is 1. The number of rotatable bonds is 5. The molecule has 7 heteroatoms. The number of amides is 1. The highest BCUT2D eigenvalue weighted by molar-refractivity contribution is 7.17. The first-order chi connectivity index (χ1) is 11.9. The number of hydrogen-bond acceptors (Lipinski definition) is 4. The SMILES string of the molecule is Cc1nc(-c2ccc(F)cc2)sc1C(=O)Nc1ccnn1CC(C)C. The molecule has 5 nitrogen and oxygen atoms in total. The third-order valence-corrected chi connectivity index (χ3v) is 4.80. The Hall–Kier alpha value is -2.54. The third-order valence-electron chi connectivity index (χ3n) is 3.59. The van der Waals surface area contributed by atoms with E-state index in [0.717, 1.165) is 12.1 Å². The van der Waals surface area contributed by atoms with Gasteiger partial charge in [-0.15, -0.1) is 11.3 Å². The van der Waals surface area contributed by atoms with Crippen molar-refractivity contribution in [1.29, 1.82) is 0 Å². The Morgan fingerprint density at radius 3 is 2.68 bits per heavy atom. The number of anilines is 1. The summed E-state index contributed by atoms with van der Waals surface area (Å²) in [5.74, 6) is 0.572. The molecule has 3 aromatic rings. The first-order valence-electron chi connectivity index (χ1n) is 8.00. The van der Waals surface area contributed by atoms with E-state index in [0.29, 0.717) is 27.3 Å². The predicted molar refractivity (Wildman–Crippen MR) is 97.3 cm³/mol. The molecule has 3 rings (SSSR count). The van der Waals surface area contributed by atoms with Crippen LogP contribution < -0.4 is 5.32 Å². The van der Waals surface area contributed by atoms with Crippen molar-refractivity contribution in [2.24, 2.45) is 5.92 Å². The minimum atomic E-state index is -0.298. The second-order valence-corrected chi connectivity index (χ2v) is 7.19. The van der Waals surface area contributed by atoms with Crippen LogP contribution in [0.25, 0.3) is 10.6 Å². The average molecular weight is 358 g/mol. The fourth-order valence-corrected chi connectivity index (χ4v) is 3.39. The lowest BCUT2D eigenvalue weighted by molar-refractivity contribution is 0.102. The van der Waals surface area contributed by atoms with Gasteiger partial charge in [0.1, 0.15) is 21.5 Å². The van der Waals surface area contributed by atoms with Crippen LogP contribution >= 0.6 is 11.3 Å². The number of nitrogens with zero attached hydrogens (tertiary/aromatic N) is 3. The number of aromatic nitrogens is 3. The van der Waals surface area contributed by atoms with E-state index in [1.807, 2.05) is 0 Å². The van der Waals surface area contributed by atoms with E-state index < -0.39 is 0 Å². The van der Waals surface area contributed by atoms with Crippen molar-refractivity contribution in [3.8, 4) is 10.6 Å². The maximum atomic E-state index is 13.1. The molecule has 1 aromatic carbocycles. The fourth-order valence-electron chi connectivity index (χ4n) is 2.43. The number of carbonyl (C=O) groups is 1. The lowest BCUT2D eigenvalue weighted by Crippen LogP contribution is -2.17. The Bertz CT molecular complexity index is 883. The Balaban J connectivity index is 1.81. The van der Waals surface area contributed by atoms with Gasteiger partial charge >= 0.3 is 0 Å². The topological polar surface area (TPSA) is 59.8 Å². The highest BCUT2D eigenvalue weighted by Crippen LogP contribution is 2.28. The highest BCUT2D eigenvalue weighted by atomic mass is 32.1. The smallest absolute Gasteiger partial charge is 0.268 e. The molecule has 1 N–H and O–H groups in total. The van der Waals surface area contributed by atoms with Gasteiger partial charge in [0.15, 0.2) is 0 Å². The molecule has 0 radical (unpaired) electrons. The molecule has 0 unspecified atom stereocenters. The van der Waals surface area contributed by atoms with Crippen LogP contribution in [0, 0.1) is 18.7 Å². The quantitative estimate of drug-likeness (QED) is 0.737. The summed E-state index contributed by atoms with van der Waals surface area (Å²) in [6.45, 7) is 6.71. The first kappa shape index (κ1) is 17.3. The van der Waals surface area contributed by atoms with Gasteiger partial charge in [0.25, 0.3) is 5.91 Å². The number of carbonyl (C=O) groups excluding carboxylic acids is 1. The van der Waals surface area contributed by atoms with Gasteiger partial charge in [-0.25, -0.2) is 14.1 Å². The van der Waals surface area contributed by atoms with Gasteiger partial charge < -0.3 is 5.32 Å². The van der Waals surface area contributed by atoms with E-state index in [2.05, 4.69) is 29.2 Å². The summed E-state index contributed by atoms with van der Waals surface area (Å²) in [5, 5.41) is 7.83. The zero-order valence-corrected chi connectivity index (χ0v) is 15.1. The molecular formula is C18H19FN4OS. The number of aryl methyl sites for hydroxylation is 1. The van der Waals surface area contributed by atoms with Gasteiger partial charge in [-0.2, -0.15) is 5.10 Å². The summed E-state index contributed by atoms with van der Waals surface area (Å²) in [6.07, 6.45) is 1.67. The van der Waals surface area contributed by atoms with Crippen LogP contribution in [0.5, 0.6) is 0 Å². The van der Waals surface area contributed by atoms with Crippen LogP contribution in [0.3, 0.4) is 0 Å². The molecule has 1 amide bonds. The summed E-state index contributed by atoms with van der Waals surface area (Å²) in [5.41, 5.74) is 1.44. The lowest BCUT2D eigenvalue weighted by Gasteiger charge is -2.10. The number of hydrogen-bond donors (Lipinski definition) is 1. The normalized spacial score (nSPS) is 11.1. The van der Waals surface area contributed by atoms with Crippen LogP contribution in [0.15, 0.2) is 36.5 Å². The summed E-state index contributed by atoms with van der Waals surface area (Å²) in [7, 11) is 0. The second-order valence-electron chi connectivity index (χ2n) is 6.19. The van der Waals surface area contributed by atoms with Gasteiger partial charge in [-0.3, -0.25) is 4.79 Å². The van der Waals surface area contributed by atoms with Crippen molar-refractivity contribution in [2.75, 3.05) is 5.32 Å². The van der Waals surface area contributed by atoms with Crippen molar-refractivity contribution >= 4 is 23.1 Å². The number of halogens is 1. The molecule has 0 saturated carbocycles. The maximum absolute atomic E-state index is 13.1. The molecule has 2 heterocycles. The van der Waals surface area contributed by atoms with Crippen LogP contribution in [0.4, 0.5) is 10.2 Å². The standard InChI is InChI=1S/C18H19FN4OS/c1-11(2)10-23-15(8-9-20-23)22-17(24)16-12(3)21-18(25-16)13-4-6-14(19)7-5-13/h4-9,11H,10H2,1-3H3,(H,22,24). The molecule has 0 saturated heterocycles. The number of nitrogens with one attached hydrogen (secondary N) is 1. The minimum absolute atomic E-state index is 0.214.